The van der Waals surface area contributed by atoms with Gasteiger partial charge in [0.1, 0.15) is 0 Å². The van der Waals surface area contributed by atoms with Crippen molar-refractivity contribution >= 4 is 11.5 Å². The molecule has 0 aliphatic rings. The van der Waals surface area contributed by atoms with Crippen LogP contribution in [0.1, 0.15) is 5.56 Å². The van der Waals surface area contributed by atoms with Crippen molar-refractivity contribution in [2.75, 3.05) is 19.1 Å². The molecular weight excluding hydrogens is 277 g/mol. The molecule has 0 saturated carbocycles. The summed E-state index contributed by atoms with van der Waals surface area (Å²) in [4.78, 5) is 16.1. The van der Waals surface area contributed by atoms with Gasteiger partial charge in [0.05, 0.1) is 12.0 Å². The molecule has 1 aromatic heterocycles. The van der Waals surface area contributed by atoms with E-state index >= 15 is 0 Å². The molecule has 6 nitrogen and oxygen atoms in total. The lowest BCUT2D eigenvalue weighted by Gasteiger charge is -2.18. The van der Waals surface area contributed by atoms with Crippen LogP contribution in [0.2, 0.25) is 0 Å². The van der Waals surface area contributed by atoms with Gasteiger partial charge in [0.15, 0.2) is 11.6 Å². The van der Waals surface area contributed by atoms with E-state index in [0.29, 0.717) is 12.1 Å². The van der Waals surface area contributed by atoms with Gasteiger partial charge in [0.25, 0.3) is 0 Å². The lowest BCUT2D eigenvalue weighted by Crippen LogP contribution is -2.19. The maximum Gasteiger partial charge on any atom is 0.311 e. The monoisotopic (exact) mass is 291 g/mol. The third-order valence-electron chi connectivity index (χ3n) is 2.96. The first kappa shape index (κ1) is 14.7. The molecule has 0 atom stereocenters. The van der Waals surface area contributed by atoms with Crippen LogP contribution >= 0.6 is 0 Å². The number of benzene rings is 1. The van der Waals surface area contributed by atoms with Crippen LogP contribution in [0.25, 0.3) is 0 Å². The minimum Gasteiger partial charge on any atom is -0.494 e. The van der Waals surface area contributed by atoms with Crippen LogP contribution < -0.4 is 9.64 Å². The minimum atomic E-state index is -0.493. The van der Waals surface area contributed by atoms with Crippen molar-refractivity contribution in [2.24, 2.45) is 0 Å². The molecule has 7 heteroatoms. The summed E-state index contributed by atoms with van der Waals surface area (Å²) in [5.74, 6) is -0.0807. The largest absolute Gasteiger partial charge is 0.494 e. The van der Waals surface area contributed by atoms with Gasteiger partial charge in [-0.1, -0.05) is 6.07 Å². The maximum absolute atomic E-state index is 13.6. The minimum absolute atomic E-state index is 0.0889. The molecule has 21 heavy (non-hydrogen) atoms. The normalized spacial score (nSPS) is 10.2. The van der Waals surface area contributed by atoms with Gasteiger partial charge in [-0.05, 0) is 23.8 Å². The predicted octanol–water partition coefficient (Wildman–Crippen LogP) is 2.77. The Kier molecular flexibility index (Phi) is 4.32. The predicted molar refractivity (Wildman–Crippen MR) is 76.0 cm³/mol. The summed E-state index contributed by atoms with van der Waals surface area (Å²) < 4.78 is 18.5. The van der Waals surface area contributed by atoms with E-state index in [2.05, 4.69) is 4.98 Å². The highest BCUT2D eigenvalue weighted by molar-refractivity contribution is 5.57. The molecule has 0 spiro atoms. The Morgan fingerprint density at radius 2 is 2.19 bits per heavy atom. The van der Waals surface area contributed by atoms with E-state index in [1.807, 2.05) is 0 Å². The zero-order valence-electron chi connectivity index (χ0n) is 11.6. The van der Waals surface area contributed by atoms with E-state index in [0.717, 1.165) is 0 Å². The second-order valence-corrected chi connectivity index (χ2v) is 4.43. The Balaban J connectivity index is 2.24. The first-order valence-electron chi connectivity index (χ1n) is 6.16. The van der Waals surface area contributed by atoms with E-state index in [1.165, 1.54) is 37.6 Å². The molecule has 1 heterocycles. The Labute approximate surface area is 120 Å². The quantitative estimate of drug-likeness (QED) is 0.626. The number of aromatic nitrogens is 1. The molecule has 0 unspecified atom stereocenters. The average molecular weight is 291 g/mol. The van der Waals surface area contributed by atoms with Crippen molar-refractivity contribution in [1.82, 2.24) is 4.98 Å². The lowest BCUT2D eigenvalue weighted by atomic mass is 10.2. The highest BCUT2D eigenvalue weighted by atomic mass is 19.1. The summed E-state index contributed by atoms with van der Waals surface area (Å²) in [6.45, 7) is 0.290. The number of nitrogens with zero attached hydrogens (tertiary/aromatic N) is 3. The van der Waals surface area contributed by atoms with E-state index in [4.69, 9.17) is 4.74 Å². The zero-order chi connectivity index (χ0) is 15.4. The highest BCUT2D eigenvalue weighted by Gasteiger charge is 2.18. The number of hydrogen-bond donors (Lipinski definition) is 0. The second kappa shape index (κ2) is 6.17. The van der Waals surface area contributed by atoms with E-state index in [-0.39, 0.29) is 17.3 Å². The Bertz CT molecular complexity index is 664. The number of methoxy groups -OCH3 is 1. The molecule has 110 valence electrons. The van der Waals surface area contributed by atoms with Crippen LogP contribution in [0.5, 0.6) is 5.75 Å². The Morgan fingerprint density at radius 1 is 1.43 bits per heavy atom. The van der Waals surface area contributed by atoms with Gasteiger partial charge in [-0.25, -0.2) is 9.37 Å². The molecule has 2 aromatic rings. The molecular formula is C14H14FN3O3. The van der Waals surface area contributed by atoms with Gasteiger partial charge in [-0.3, -0.25) is 10.1 Å². The van der Waals surface area contributed by atoms with E-state index in [1.54, 1.807) is 18.0 Å². The molecule has 0 aliphatic carbocycles. The van der Waals surface area contributed by atoms with Crippen LogP contribution in [0.15, 0.2) is 36.5 Å². The van der Waals surface area contributed by atoms with Gasteiger partial charge in [-0.2, -0.15) is 0 Å². The first-order chi connectivity index (χ1) is 10.0. The van der Waals surface area contributed by atoms with Crippen LogP contribution in [0.3, 0.4) is 0 Å². The number of pyridine rings is 1. The highest BCUT2D eigenvalue weighted by Crippen LogP contribution is 2.26. The molecule has 2 rings (SSSR count). The van der Waals surface area contributed by atoms with Gasteiger partial charge < -0.3 is 9.64 Å². The molecule has 0 aliphatic heterocycles. The average Bonchev–Trinajstić information content (AvgIpc) is 2.47. The maximum atomic E-state index is 13.6. The second-order valence-electron chi connectivity index (χ2n) is 4.43. The topological polar surface area (TPSA) is 68.5 Å². The first-order valence-corrected chi connectivity index (χ1v) is 6.16. The fourth-order valence-corrected chi connectivity index (χ4v) is 1.98. The Hall–Kier alpha value is -2.70. The number of ether oxygens (including phenoxy) is 1. The third kappa shape index (κ3) is 3.25. The van der Waals surface area contributed by atoms with Crippen molar-refractivity contribution in [2.45, 2.75) is 6.54 Å². The molecule has 0 fully saturated rings. The van der Waals surface area contributed by atoms with Crippen LogP contribution in [-0.2, 0) is 6.54 Å². The smallest absolute Gasteiger partial charge is 0.311 e. The number of rotatable bonds is 5. The van der Waals surface area contributed by atoms with Gasteiger partial charge in [-0.15, -0.1) is 0 Å². The Morgan fingerprint density at radius 3 is 2.81 bits per heavy atom. The van der Waals surface area contributed by atoms with Gasteiger partial charge >= 0.3 is 5.69 Å². The van der Waals surface area contributed by atoms with Crippen molar-refractivity contribution in [1.29, 1.82) is 0 Å². The van der Waals surface area contributed by atoms with Gasteiger partial charge in [0, 0.05) is 25.9 Å². The lowest BCUT2D eigenvalue weighted by molar-refractivity contribution is -0.384. The number of anilines is 1. The fraction of sp³-hybridized carbons (Fsp3) is 0.214. The number of halogens is 1. The van der Waals surface area contributed by atoms with E-state index in [9.17, 15) is 14.5 Å². The third-order valence-corrected chi connectivity index (χ3v) is 2.96. The standard InChI is InChI=1S/C14H14FN3O3/c1-17(14-12(18(19)20)4-3-7-16-14)9-10-5-6-13(21-2)11(15)8-10/h3-8H,9H2,1-2H3. The van der Waals surface area contributed by atoms with Crippen molar-refractivity contribution in [3.63, 3.8) is 0 Å². The molecule has 1 aromatic carbocycles. The van der Waals surface area contributed by atoms with Crippen molar-refractivity contribution in [3.8, 4) is 5.75 Å². The molecule has 0 bridgehead atoms. The molecule has 0 radical (unpaired) electrons. The van der Waals surface area contributed by atoms with Crippen molar-refractivity contribution < 1.29 is 14.1 Å². The summed E-state index contributed by atoms with van der Waals surface area (Å²) in [6.07, 6.45) is 1.48. The SMILES string of the molecule is COc1ccc(CN(C)c2ncccc2[N+](=O)[O-])cc1F. The van der Waals surface area contributed by atoms with Crippen molar-refractivity contribution in [3.05, 3.63) is 58.0 Å². The summed E-state index contributed by atoms with van der Waals surface area (Å²) in [7, 11) is 3.05. The fourth-order valence-electron chi connectivity index (χ4n) is 1.98. The summed E-state index contributed by atoms with van der Waals surface area (Å²) in [5.41, 5.74) is 0.574. The molecule has 0 N–H and O–H groups in total. The van der Waals surface area contributed by atoms with Gasteiger partial charge in [0.2, 0.25) is 5.82 Å². The summed E-state index contributed by atoms with van der Waals surface area (Å²) in [5, 5.41) is 11.0. The number of hydrogen-bond acceptors (Lipinski definition) is 5. The summed E-state index contributed by atoms with van der Waals surface area (Å²) >= 11 is 0. The molecule has 0 saturated heterocycles. The van der Waals surface area contributed by atoms with Crippen LogP contribution in [-0.4, -0.2) is 24.1 Å². The van der Waals surface area contributed by atoms with Crippen LogP contribution in [0.4, 0.5) is 15.9 Å². The zero-order valence-corrected chi connectivity index (χ0v) is 11.6. The number of nitro groups is 1. The summed E-state index contributed by atoms with van der Waals surface area (Å²) in [6, 6.07) is 7.44. The van der Waals surface area contributed by atoms with E-state index < -0.39 is 10.7 Å². The molecule has 0 amide bonds. The van der Waals surface area contributed by atoms with Crippen LogP contribution in [0, 0.1) is 15.9 Å².